The van der Waals surface area contributed by atoms with Crippen LogP contribution in [0.1, 0.15) is 24.8 Å². The van der Waals surface area contributed by atoms with E-state index in [0.717, 1.165) is 19.3 Å². The summed E-state index contributed by atoms with van der Waals surface area (Å²) >= 11 is 0. The van der Waals surface area contributed by atoms with Gasteiger partial charge in [-0.2, -0.15) is 0 Å². The second kappa shape index (κ2) is 6.91. The van der Waals surface area contributed by atoms with Crippen molar-refractivity contribution >= 4 is 21.7 Å². The Hall–Kier alpha value is -1.60. The summed E-state index contributed by atoms with van der Waals surface area (Å²) in [7, 11) is -3.50. The van der Waals surface area contributed by atoms with E-state index in [2.05, 4.69) is 4.72 Å². The number of benzene rings is 1. The van der Waals surface area contributed by atoms with Crippen molar-refractivity contribution in [3.05, 3.63) is 29.8 Å². The summed E-state index contributed by atoms with van der Waals surface area (Å²) in [5.41, 5.74) is 0.932. The Labute approximate surface area is 124 Å². The van der Waals surface area contributed by atoms with E-state index in [4.69, 9.17) is 9.84 Å². The summed E-state index contributed by atoms with van der Waals surface area (Å²) < 4.78 is 32.1. The topological polar surface area (TPSA) is 92.7 Å². The first-order valence-electron chi connectivity index (χ1n) is 6.87. The van der Waals surface area contributed by atoms with Crippen molar-refractivity contribution in [1.82, 2.24) is 0 Å². The van der Waals surface area contributed by atoms with Gasteiger partial charge in [-0.3, -0.25) is 9.52 Å². The molecule has 0 saturated carbocycles. The molecule has 1 aromatic rings. The van der Waals surface area contributed by atoms with E-state index in [9.17, 15) is 13.2 Å². The SMILES string of the molecule is O=C(O)Cc1cccc(NS(=O)(=O)CC2CCCCO2)c1. The molecule has 116 valence electrons. The van der Waals surface area contributed by atoms with E-state index in [0.29, 0.717) is 17.9 Å². The second-order valence-corrected chi connectivity index (χ2v) is 6.91. The van der Waals surface area contributed by atoms with Crippen molar-refractivity contribution in [2.24, 2.45) is 0 Å². The molecule has 0 spiro atoms. The maximum absolute atomic E-state index is 12.1. The number of carboxylic acids is 1. The van der Waals surface area contributed by atoms with Crippen LogP contribution in [0.15, 0.2) is 24.3 Å². The quantitative estimate of drug-likeness (QED) is 0.832. The van der Waals surface area contributed by atoms with Gasteiger partial charge in [0.25, 0.3) is 0 Å². The zero-order chi connectivity index (χ0) is 15.3. The third kappa shape index (κ3) is 5.35. The average molecular weight is 313 g/mol. The number of nitrogens with one attached hydrogen (secondary N) is 1. The lowest BCUT2D eigenvalue weighted by atomic mass is 10.1. The van der Waals surface area contributed by atoms with Gasteiger partial charge in [0, 0.05) is 12.3 Å². The van der Waals surface area contributed by atoms with Crippen LogP contribution in [0.5, 0.6) is 0 Å². The second-order valence-electron chi connectivity index (χ2n) is 5.14. The minimum absolute atomic E-state index is 0.0733. The molecular formula is C14H19NO5S. The van der Waals surface area contributed by atoms with E-state index < -0.39 is 16.0 Å². The zero-order valence-corrected chi connectivity index (χ0v) is 12.4. The van der Waals surface area contributed by atoms with Crippen LogP contribution in [0.4, 0.5) is 5.69 Å². The monoisotopic (exact) mass is 313 g/mol. The molecule has 2 N–H and O–H groups in total. The van der Waals surface area contributed by atoms with Crippen LogP contribution in [0, 0.1) is 0 Å². The van der Waals surface area contributed by atoms with E-state index in [1.54, 1.807) is 18.2 Å². The van der Waals surface area contributed by atoms with Gasteiger partial charge in [-0.15, -0.1) is 0 Å². The predicted molar refractivity (Wildman–Crippen MR) is 78.8 cm³/mol. The van der Waals surface area contributed by atoms with Crippen molar-refractivity contribution in [2.45, 2.75) is 31.8 Å². The third-order valence-electron chi connectivity index (χ3n) is 3.23. The van der Waals surface area contributed by atoms with Gasteiger partial charge in [-0.25, -0.2) is 8.42 Å². The van der Waals surface area contributed by atoms with Gasteiger partial charge in [0.1, 0.15) is 0 Å². The summed E-state index contributed by atoms with van der Waals surface area (Å²) in [6, 6.07) is 6.42. The van der Waals surface area contributed by atoms with Crippen LogP contribution >= 0.6 is 0 Å². The van der Waals surface area contributed by atoms with E-state index in [1.165, 1.54) is 6.07 Å². The number of sulfonamides is 1. The highest BCUT2D eigenvalue weighted by atomic mass is 32.2. The molecular weight excluding hydrogens is 294 g/mol. The Kier molecular flexibility index (Phi) is 5.19. The summed E-state index contributed by atoms with van der Waals surface area (Å²) in [6.07, 6.45) is 2.30. The number of carboxylic acid groups (broad SMARTS) is 1. The molecule has 1 fully saturated rings. The number of anilines is 1. The maximum atomic E-state index is 12.1. The molecule has 0 amide bonds. The Morgan fingerprint density at radius 2 is 2.19 bits per heavy atom. The van der Waals surface area contributed by atoms with Gasteiger partial charge in [0.2, 0.25) is 10.0 Å². The molecule has 1 aromatic carbocycles. The van der Waals surface area contributed by atoms with Gasteiger partial charge in [-0.05, 0) is 37.0 Å². The van der Waals surface area contributed by atoms with Gasteiger partial charge >= 0.3 is 5.97 Å². The van der Waals surface area contributed by atoms with Crippen LogP contribution in [0.25, 0.3) is 0 Å². The first-order valence-corrected chi connectivity index (χ1v) is 8.53. The molecule has 7 heteroatoms. The zero-order valence-electron chi connectivity index (χ0n) is 11.6. The van der Waals surface area contributed by atoms with Gasteiger partial charge in [-0.1, -0.05) is 12.1 Å². The fraction of sp³-hybridized carbons (Fsp3) is 0.500. The van der Waals surface area contributed by atoms with Crippen molar-refractivity contribution < 1.29 is 23.1 Å². The minimum Gasteiger partial charge on any atom is -0.481 e. The average Bonchev–Trinajstić information content (AvgIpc) is 2.38. The molecule has 1 aliphatic heterocycles. The molecule has 1 heterocycles. The standard InChI is InChI=1S/C14H19NO5S/c16-14(17)9-11-4-3-5-12(8-11)15-21(18,19)10-13-6-1-2-7-20-13/h3-5,8,13,15H,1-2,6-7,9-10H2,(H,16,17). The molecule has 0 bridgehead atoms. The molecule has 1 atom stereocenters. The van der Waals surface area contributed by atoms with Crippen molar-refractivity contribution in [3.63, 3.8) is 0 Å². The Bertz CT molecular complexity index is 593. The van der Waals surface area contributed by atoms with Crippen LogP contribution < -0.4 is 4.72 Å². The number of hydrogen-bond donors (Lipinski definition) is 2. The number of carbonyl (C=O) groups is 1. The van der Waals surface area contributed by atoms with Gasteiger partial charge in [0.05, 0.1) is 18.3 Å². The number of rotatable bonds is 6. The number of ether oxygens (including phenoxy) is 1. The van der Waals surface area contributed by atoms with Gasteiger partial charge in [0.15, 0.2) is 0 Å². The molecule has 0 radical (unpaired) electrons. The summed E-state index contributed by atoms with van der Waals surface area (Å²) in [5, 5.41) is 8.75. The lowest BCUT2D eigenvalue weighted by Crippen LogP contribution is -2.30. The van der Waals surface area contributed by atoms with E-state index in [1.807, 2.05) is 0 Å². The maximum Gasteiger partial charge on any atom is 0.307 e. The highest BCUT2D eigenvalue weighted by molar-refractivity contribution is 7.92. The minimum atomic E-state index is -3.50. The lowest BCUT2D eigenvalue weighted by Gasteiger charge is -2.22. The van der Waals surface area contributed by atoms with Crippen LogP contribution in [-0.4, -0.2) is 38.0 Å². The summed E-state index contributed by atoms with van der Waals surface area (Å²) in [5.74, 6) is -1.03. The molecule has 0 aromatic heterocycles. The van der Waals surface area contributed by atoms with E-state index in [-0.39, 0.29) is 18.3 Å². The lowest BCUT2D eigenvalue weighted by molar-refractivity contribution is -0.136. The first kappa shape index (κ1) is 15.8. The third-order valence-corrected chi connectivity index (χ3v) is 4.59. The van der Waals surface area contributed by atoms with Crippen molar-refractivity contribution in [3.8, 4) is 0 Å². The fourth-order valence-corrected chi connectivity index (χ4v) is 3.65. The largest absolute Gasteiger partial charge is 0.481 e. The van der Waals surface area contributed by atoms with Crippen molar-refractivity contribution in [2.75, 3.05) is 17.1 Å². The molecule has 21 heavy (non-hydrogen) atoms. The smallest absolute Gasteiger partial charge is 0.307 e. The van der Waals surface area contributed by atoms with E-state index >= 15 is 0 Å². The molecule has 6 nitrogen and oxygen atoms in total. The Morgan fingerprint density at radius 3 is 2.86 bits per heavy atom. The van der Waals surface area contributed by atoms with Crippen LogP contribution in [0.3, 0.4) is 0 Å². The molecule has 1 unspecified atom stereocenters. The normalized spacial score (nSPS) is 19.1. The number of aliphatic carboxylic acids is 1. The molecule has 2 rings (SSSR count). The summed E-state index contributed by atoms with van der Waals surface area (Å²) in [6.45, 7) is 0.605. The molecule has 1 saturated heterocycles. The highest BCUT2D eigenvalue weighted by Crippen LogP contribution is 2.17. The van der Waals surface area contributed by atoms with Crippen LogP contribution in [0.2, 0.25) is 0 Å². The first-order chi connectivity index (χ1) is 9.94. The predicted octanol–water partition coefficient (Wildman–Crippen LogP) is 1.62. The fourth-order valence-electron chi connectivity index (χ4n) is 2.32. The molecule has 1 aliphatic rings. The number of hydrogen-bond acceptors (Lipinski definition) is 4. The Morgan fingerprint density at radius 1 is 1.38 bits per heavy atom. The van der Waals surface area contributed by atoms with Crippen LogP contribution in [-0.2, 0) is 26.0 Å². The highest BCUT2D eigenvalue weighted by Gasteiger charge is 2.22. The van der Waals surface area contributed by atoms with Gasteiger partial charge < -0.3 is 9.84 Å². The van der Waals surface area contributed by atoms with Crippen molar-refractivity contribution in [1.29, 1.82) is 0 Å². The Balaban J connectivity index is 2.00. The summed E-state index contributed by atoms with van der Waals surface area (Å²) in [4.78, 5) is 10.7. The molecule has 0 aliphatic carbocycles.